The van der Waals surface area contributed by atoms with Crippen LogP contribution in [0.5, 0.6) is 0 Å². The second-order valence-corrected chi connectivity index (χ2v) is 6.60. The molecule has 1 N–H and O–H groups in total. The zero-order chi connectivity index (χ0) is 22.4. The standard InChI is InChI=1S/C22H19FN4O3/c1-13-8-16(15(3)27(13)19-6-4-18(23)5-7-19)9-17(10-24)22(29)30-12-21(28)20(11-25)14(2)26/h4-9,20,26H,12H2,1-3H3/b17-9+,26-14?/t20-/m0/s1. The summed E-state index contributed by atoms with van der Waals surface area (Å²) < 4.78 is 19.9. The number of hydrogen-bond donors (Lipinski definition) is 1. The zero-order valence-corrected chi connectivity index (χ0v) is 16.7. The highest BCUT2D eigenvalue weighted by Crippen LogP contribution is 2.23. The highest BCUT2D eigenvalue weighted by atomic mass is 19.1. The van der Waals surface area contributed by atoms with Gasteiger partial charge in [0.25, 0.3) is 0 Å². The number of carbonyl (C=O) groups excluding carboxylic acids is 2. The molecule has 0 aliphatic carbocycles. The number of halogens is 1. The van der Waals surface area contributed by atoms with E-state index in [1.54, 1.807) is 37.3 Å². The lowest BCUT2D eigenvalue weighted by molar-refractivity contribution is -0.143. The van der Waals surface area contributed by atoms with Crippen molar-refractivity contribution in [2.75, 3.05) is 6.61 Å². The molecule has 152 valence electrons. The van der Waals surface area contributed by atoms with Gasteiger partial charge in [-0.25, -0.2) is 9.18 Å². The Morgan fingerprint density at radius 1 is 1.27 bits per heavy atom. The van der Waals surface area contributed by atoms with E-state index in [1.807, 2.05) is 11.5 Å². The van der Waals surface area contributed by atoms with Gasteiger partial charge in [-0.2, -0.15) is 10.5 Å². The lowest BCUT2D eigenvalue weighted by Crippen LogP contribution is -2.25. The minimum Gasteiger partial charge on any atom is -0.453 e. The average Bonchev–Trinajstić information content (AvgIpc) is 2.98. The van der Waals surface area contributed by atoms with Crippen LogP contribution in [0.15, 0.2) is 35.9 Å². The third-order valence-electron chi connectivity index (χ3n) is 4.42. The summed E-state index contributed by atoms with van der Waals surface area (Å²) in [6, 6.07) is 11.1. The summed E-state index contributed by atoms with van der Waals surface area (Å²) in [7, 11) is 0. The van der Waals surface area contributed by atoms with Crippen LogP contribution in [0.25, 0.3) is 11.8 Å². The van der Waals surface area contributed by atoms with E-state index in [-0.39, 0.29) is 17.1 Å². The van der Waals surface area contributed by atoms with Crippen molar-refractivity contribution in [2.24, 2.45) is 5.92 Å². The molecule has 1 aromatic carbocycles. The van der Waals surface area contributed by atoms with Crippen LogP contribution in [-0.4, -0.2) is 28.6 Å². The number of esters is 1. The van der Waals surface area contributed by atoms with E-state index in [9.17, 15) is 19.2 Å². The molecule has 0 amide bonds. The fraction of sp³-hybridized carbons (Fsp3) is 0.227. The fourth-order valence-electron chi connectivity index (χ4n) is 2.92. The van der Waals surface area contributed by atoms with E-state index in [1.165, 1.54) is 25.1 Å². The van der Waals surface area contributed by atoms with Crippen LogP contribution in [-0.2, 0) is 14.3 Å². The molecular formula is C22H19FN4O3. The van der Waals surface area contributed by atoms with Crippen LogP contribution in [0, 0.1) is 53.7 Å². The topological polar surface area (TPSA) is 120 Å². The van der Waals surface area contributed by atoms with E-state index in [0.717, 1.165) is 17.1 Å². The molecular weight excluding hydrogens is 387 g/mol. The third kappa shape index (κ3) is 4.86. The van der Waals surface area contributed by atoms with E-state index in [2.05, 4.69) is 0 Å². The first-order valence-corrected chi connectivity index (χ1v) is 8.90. The van der Waals surface area contributed by atoms with Crippen molar-refractivity contribution < 1.29 is 18.7 Å². The van der Waals surface area contributed by atoms with Gasteiger partial charge in [0, 0.05) is 22.8 Å². The number of nitrogens with one attached hydrogen (secondary N) is 1. The molecule has 2 rings (SSSR count). The van der Waals surface area contributed by atoms with E-state index in [0.29, 0.717) is 5.56 Å². The van der Waals surface area contributed by atoms with Gasteiger partial charge in [0.15, 0.2) is 12.4 Å². The molecule has 0 aliphatic rings. The SMILES string of the molecule is CC(=N)[C@H](C#N)C(=O)COC(=O)/C(C#N)=C/c1cc(C)n(-c2ccc(F)cc2)c1C. The smallest absolute Gasteiger partial charge is 0.349 e. The van der Waals surface area contributed by atoms with Gasteiger partial charge in [-0.15, -0.1) is 0 Å². The Balaban J connectivity index is 2.25. The van der Waals surface area contributed by atoms with Crippen molar-refractivity contribution >= 4 is 23.5 Å². The van der Waals surface area contributed by atoms with E-state index >= 15 is 0 Å². The summed E-state index contributed by atoms with van der Waals surface area (Å²) in [5.74, 6) is -3.38. The minimum absolute atomic E-state index is 0.150. The lowest BCUT2D eigenvalue weighted by Gasteiger charge is -2.09. The third-order valence-corrected chi connectivity index (χ3v) is 4.42. The van der Waals surface area contributed by atoms with Crippen LogP contribution >= 0.6 is 0 Å². The summed E-state index contributed by atoms with van der Waals surface area (Å²) in [4.78, 5) is 24.1. The molecule has 7 nitrogen and oxygen atoms in total. The van der Waals surface area contributed by atoms with E-state index < -0.39 is 24.3 Å². The van der Waals surface area contributed by atoms with Gasteiger partial charge < -0.3 is 14.7 Å². The predicted octanol–water partition coefficient (Wildman–Crippen LogP) is 3.43. The number of rotatable bonds is 7. The maximum Gasteiger partial charge on any atom is 0.349 e. The number of aryl methyl sites for hydroxylation is 1. The van der Waals surface area contributed by atoms with Gasteiger partial charge in [0.1, 0.15) is 23.4 Å². The Hall–Kier alpha value is -4.04. The summed E-state index contributed by atoms with van der Waals surface area (Å²) in [6.07, 6.45) is 1.35. The van der Waals surface area contributed by atoms with E-state index in [4.69, 9.17) is 15.4 Å². The largest absolute Gasteiger partial charge is 0.453 e. The number of Topliss-reactive ketones (excluding diaryl/α,β-unsaturated/α-hetero) is 1. The number of aromatic nitrogens is 1. The summed E-state index contributed by atoms with van der Waals surface area (Å²) in [5.41, 5.74) is 2.37. The molecule has 1 heterocycles. The number of hydrogen-bond acceptors (Lipinski definition) is 6. The molecule has 0 bridgehead atoms. The van der Waals surface area contributed by atoms with Gasteiger partial charge >= 0.3 is 5.97 Å². The van der Waals surface area contributed by atoms with Gasteiger partial charge in [0.2, 0.25) is 0 Å². The van der Waals surface area contributed by atoms with Gasteiger partial charge in [-0.3, -0.25) is 4.79 Å². The molecule has 0 spiro atoms. The van der Waals surface area contributed by atoms with Gasteiger partial charge in [0.05, 0.1) is 6.07 Å². The Morgan fingerprint density at radius 3 is 2.43 bits per heavy atom. The maximum absolute atomic E-state index is 13.2. The zero-order valence-electron chi connectivity index (χ0n) is 16.7. The molecule has 1 aromatic heterocycles. The quantitative estimate of drug-likeness (QED) is 0.327. The van der Waals surface area contributed by atoms with Crippen LogP contribution < -0.4 is 0 Å². The molecule has 0 aliphatic heterocycles. The van der Waals surface area contributed by atoms with Crippen LogP contribution in [0.3, 0.4) is 0 Å². The molecule has 1 atom stereocenters. The van der Waals surface area contributed by atoms with Crippen molar-refractivity contribution in [1.82, 2.24) is 4.57 Å². The monoisotopic (exact) mass is 406 g/mol. The Kier molecular flexibility index (Phi) is 7.00. The molecule has 2 aromatic rings. The molecule has 0 fully saturated rings. The van der Waals surface area contributed by atoms with Gasteiger partial charge in [-0.1, -0.05) is 0 Å². The predicted molar refractivity (Wildman–Crippen MR) is 107 cm³/mol. The van der Waals surface area contributed by atoms with Crippen molar-refractivity contribution in [3.8, 4) is 17.8 Å². The number of nitriles is 2. The van der Waals surface area contributed by atoms with Gasteiger partial charge in [-0.05, 0) is 62.7 Å². The molecule has 0 saturated heterocycles. The minimum atomic E-state index is -1.29. The molecule has 30 heavy (non-hydrogen) atoms. The van der Waals surface area contributed by atoms with Crippen molar-refractivity contribution in [3.05, 3.63) is 58.7 Å². The van der Waals surface area contributed by atoms with Crippen LogP contribution in [0.1, 0.15) is 23.9 Å². The Labute approximate surface area is 173 Å². The van der Waals surface area contributed by atoms with Crippen molar-refractivity contribution in [2.45, 2.75) is 20.8 Å². The second kappa shape index (κ2) is 9.44. The highest BCUT2D eigenvalue weighted by Gasteiger charge is 2.22. The van der Waals surface area contributed by atoms with Crippen LogP contribution in [0.4, 0.5) is 4.39 Å². The number of ether oxygens (including phenoxy) is 1. The molecule has 8 heteroatoms. The highest BCUT2D eigenvalue weighted by molar-refractivity contribution is 6.06. The normalized spacial score (nSPS) is 11.9. The molecule has 0 unspecified atom stereocenters. The summed E-state index contributed by atoms with van der Waals surface area (Å²) >= 11 is 0. The lowest BCUT2D eigenvalue weighted by atomic mass is 10.0. The maximum atomic E-state index is 13.2. The molecule has 0 saturated carbocycles. The van der Waals surface area contributed by atoms with Crippen LogP contribution in [0.2, 0.25) is 0 Å². The first-order valence-electron chi connectivity index (χ1n) is 8.90. The number of carbonyl (C=O) groups is 2. The fourth-order valence-corrected chi connectivity index (χ4v) is 2.92. The number of nitrogens with zero attached hydrogens (tertiary/aromatic N) is 3. The average molecular weight is 406 g/mol. The Morgan fingerprint density at radius 2 is 1.90 bits per heavy atom. The first-order chi connectivity index (χ1) is 14.2. The molecule has 0 radical (unpaired) electrons. The van der Waals surface area contributed by atoms with Crippen molar-refractivity contribution in [1.29, 1.82) is 15.9 Å². The summed E-state index contributed by atoms with van der Waals surface area (Å²) in [6.45, 7) is 4.22. The van der Waals surface area contributed by atoms with Crippen molar-refractivity contribution in [3.63, 3.8) is 0 Å². The summed E-state index contributed by atoms with van der Waals surface area (Å²) in [5, 5.41) is 25.6. The Bertz CT molecular complexity index is 1110. The second-order valence-electron chi connectivity index (χ2n) is 6.60. The first kappa shape index (κ1) is 22.3. The number of benzene rings is 1. The number of ketones is 1.